The summed E-state index contributed by atoms with van der Waals surface area (Å²) in [5.41, 5.74) is -0.526. The number of nitrogens with one attached hydrogen (secondary N) is 2. The number of H-pyrrole nitrogens is 1. The normalized spacial score (nSPS) is 10.5. The summed E-state index contributed by atoms with van der Waals surface area (Å²) in [6, 6.07) is 9.54. The summed E-state index contributed by atoms with van der Waals surface area (Å²) in [4.78, 5) is 37.1. The average Bonchev–Trinajstić information content (AvgIpc) is 2.70. The van der Waals surface area contributed by atoms with Crippen LogP contribution in [0.4, 0.5) is 5.69 Å². The molecule has 9 nitrogen and oxygen atoms in total. The van der Waals surface area contributed by atoms with Gasteiger partial charge in [0.15, 0.2) is 11.5 Å². The van der Waals surface area contributed by atoms with Crippen molar-refractivity contribution in [2.45, 2.75) is 6.54 Å². The highest BCUT2D eigenvalue weighted by Crippen LogP contribution is 2.39. The lowest BCUT2D eigenvalue weighted by atomic mass is 10.2. The molecule has 0 spiro atoms. The lowest BCUT2D eigenvalue weighted by molar-refractivity contribution is -0.117. The van der Waals surface area contributed by atoms with Crippen LogP contribution in [0.5, 0.6) is 17.2 Å². The zero-order chi connectivity index (χ0) is 20.3. The number of anilines is 1. The molecule has 2 N–H and O–H groups in total. The lowest BCUT2D eigenvalue weighted by Gasteiger charge is -2.15. The maximum Gasteiger partial charge on any atom is 0.273 e. The molecule has 1 amide bonds. The summed E-state index contributed by atoms with van der Waals surface area (Å²) in [5.74, 6) is 0.613. The van der Waals surface area contributed by atoms with Gasteiger partial charge in [0, 0.05) is 17.8 Å². The van der Waals surface area contributed by atoms with Crippen LogP contribution in [0.2, 0.25) is 0 Å². The van der Waals surface area contributed by atoms with Gasteiger partial charge in [-0.05, 0) is 12.1 Å². The number of methoxy groups -OCH3 is 3. The summed E-state index contributed by atoms with van der Waals surface area (Å²) in [7, 11) is 4.39. The second kappa shape index (κ2) is 7.87. The van der Waals surface area contributed by atoms with Crippen LogP contribution < -0.4 is 30.6 Å². The number of hydrogen-bond donors (Lipinski definition) is 2. The number of aromatic amines is 1. The molecule has 0 radical (unpaired) electrons. The van der Waals surface area contributed by atoms with Crippen molar-refractivity contribution >= 4 is 22.4 Å². The number of amides is 1. The number of aromatic nitrogens is 2. The van der Waals surface area contributed by atoms with Crippen LogP contribution in [-0.4, -0.2) is 37.0 Å². The van der Waals surface area contributed by atoms with Crippen molar-refractivity contribution in [3.63, 3.8) is 0 Å². The SMILES string of the molecule is COc1cc(NC(=O)Cn2[nH]c(=O)c3ccccc3c2=O)cc(OC)c1OC. The Labute approximate surface area is 159 Å². The highest BCUT2D eigenvalue weighted by molar-refractivity contribution is 5.91. The quantitative estimate of drug-likeness (QED) is 0.663. The molecule has 0 aliphatic heterocycles. The van der Waals surface area contributed by atoms with Gasteiger partial charge in [-0.3, -0.25) is 19.5 Å². The first-order valence-corrected chi connectivity index (χ1v) is 8.30. The van der Waals surface area contributed by atoms with E-state index in [-0.39, 0.29) is 17.3 Å². The van der Waals surface area contributed by atoms with E-state index in [2.05, 4.69) is 10.4 Å². The molecule has 0 fully saturated rings. The molecule has 9 heteroatoms. The molecule has 0 saturated carbocycles. The number of fused-ring (bicyclic) bond motifs is 1. The van der Waals surface area contributed by atoms with Crippen molar-refractivity contribution in [2.24, 2.45) is 0 Å². The van der Waals surface area contributed by atoms with Gasteiger partial charge in [0.05, 0.1) is 32.1 Å². The van der Waals surface area contributed by atoms with Crippen molar-refractivity contribution in [2.75, 3.05) is 26.6 Å². The Bertz CT molecular complexity index is 1120. The van der Waals surface area contributed by atoms with Crippen LogP contribution >= 0.6 is 0 Å². The molecule has 0 saturated heterocycles. The minimum absolute atomic E-state index is 0.242. The maximum absolute atomic E-state index is 12.5. The van der Waals surface area contributed by atoms with Gasteiger partial charge in [0.2, 0.25) is 11.7 Å². The molecule has 146 valence electrons. The molecule has 0 bridgehead atoms. The molecular weight excluding hydrogens is 366 g/mol. The number of nitrogens with zero attached hydrogens (tertiary/aromatic N) is 1. The van der Waals surface area contributed by atoms with Crippen LogP contribution in [0.15, 0.2) is 46.0 Å². The number of benzene rings is 2. The van der Waals surface area contributed by atoms with Crippen LogP contribution in [0, 0.1) is 0 Å². The molecule has 2 aromatic carbocycles. The molecule has 3 rings (SSSR count). The Balaban J connectivity index is 1.89. The second-order valence-corrected chi connectivity index (χ2v) is 5.84. The van der Waals surface area contributed by atoms with E-state index in [0.717, 1.165) is 4.68 Å². The number of ether oxygens (including phenoxy) is 3. The molecule has 3 aromatic rings. The Morgan fingerprint density at radius 3 is 2.18 bits per heavy atom. The van der Waals surface area contributed by atoms with Crippen LogP contribution in [-0.2, 0) is 11.3 Å². The van der Waals surface area contributed by atoms with Crippen LogP contribution in [0.1, 0.15) is 0 Å². The van der Waals surface area contributed by atoms with Gasteiger partial charge in [0.1, 0.15) is 6.54 Å². The monoisotopic (exact) mass is 385 g/mol. The van der Waals surface area contributed by atoms with E-state index in [9.17, 15) is 14.4 Å². The maximum atomic E-state index is 12.5. The predicted octanol–water partition coefficient (Wildman–Crippen LogP) is 1.35. The van der Waals surface area contributed by atoms with Crippen LogP contribution in [0.25, 0.3) is 10.8 Å². The minimum Gasteiger partial charge on any atom is -0.493 e. The molecule has 1 heterocycles. The fourth-order valence-electron chi connectivity index (χ4n) is 2.86. The topological polar surface area (TPSA) is 112 Å². The van der Waals surface area contributed by atoms with E-state index in [1.165, 1.54) is 21.3 Å². The average molecular weight is 385 g/mol. The molecule has 0 aliphatic carbocycles. The van der Waals surface area contributed by atoms with E-state index in [1.807, 2.05) is 0 Å². The van der Waals surface area contributed by atoms with Gasteiger partial charge in [-0.1, -0.05) is 12.1 Å². The van der Waals surface area contributed by atoms with E-state index in [1.54, 1.807) is 36.4 Å². The van der Waals surface area contributed by atoms with Crippen molar-refractivity contribution in [3.05, 3.63) is 57.1 Å². The van der Waals surface area contributed by atoms with Crippen molar-refractivity contribution in [1.29, 1.82) is 0 Å². The minimum atomic E-state index is -0.512. The third kappa shape index (κ3) is 3.54. The van der Waals surface area contributed by atoms with Gasteiger partial charge in [0.25, 0.3) is 11.1 Å². The Kier molecular flexibility index (Phi) is 5.35. The number of carbonyl (C=O) groups is 1. The molecular formula is C19H19N3O6. The van der Waals surface area contributed by atoms with Gasteiger partial charge in [-0.2, -0.15) is 0 Å². The fourth-order valence-corrected chi connectivity index (χ4v) is 2.86. The van der Waals surface area contributed by atoms with Crippen molar-refractivity contribution < 1.29 is 19.0 Å². The third-order valence-electron chi connectivity index (χ3n) is 4.13. The smallest absolute Gasteiger partial charge is 0.273 e. The van der Waals surface area contributed by atoms with Crippen LogP contribution in [0.3, 0.4) is 0 Å². The fraction of sp³-hybridized carbons (Fsp3) is 0.211. The number of carbonyl (C=O) groups excluding carboxylic acids is 1. The third-order valence-corrected chi connectivity index (χ3v) is 4.13. The molecule has 1 aromatic heterocycles. The first-order valence-electron chi connectivity index (χ1n) is 8.30. The molecule has 28 heavy (non-hydrogen) atoms. The Morgan fingerprint density at radius 2 is 1.61 bits per heavy atom. The van der Waals surface area contributed by atoms with Gasteiger partial charge < -0.3 is 19.5 Å². The zero-order valence-corrected chi connectivity index (χ0v) is 15.6. The molecule has 0 aliphatic rings. The van der Waals surface area contributed by atoms with Gasteiger partial charge in [-0.25, -0.2) is 4.68 Å². The number of hydrogen-bond acceptors (Lipinski definition) is 6. The zero-order valence-electron chi connectivity index (χ0n) is 15.6. The number of rotatable bonds is 6. The van der Waals surface area contributed by atoms with E-state index < -0.39 is 17.0 Å². The van der Waals surface area contributed by atoms with E-state index >= 15 is 0 Å². The van der Waals surface area contributed by atoms with Gasteiger partial charge in [-0.15, -0.1) is 0 Å². The summed E-state index contributed by atoms with van der Waals surface area (Å²) in [5, 5.41) is 5.58. The largest absolute Gasteiger partial charge is 0.493 e. The first kappa shape index (κ1) is 19.0. The van der Waals surface area contributed by atoms with Gasteiger partial charge >= 0.3 is 0 Å². The predicted molar refractivity (Wildman–Crippen MR) is 104 cm³/mol. The summed E-state index contributed by atoms with van der Waals surface area (Å²) in [6.45, 7) is -0.366. The van der Waals surface area contributed by atoms with E-state index in [4.69, 9.17) is 14.2 Å². The highest BCUT2D eigenvalue weighted by Gasteiger charge is 2.15. The molecule has 0 unspecified atom stereocenters. The lowest BCUT2D eigenvalue weighted by Crippen LogP contribution is -2.34. The Hall–Kier alpha value is -3.75. The van der Waals surface area contributed by atoms with Crippen molar-refractivity contribution in [3.8, 4) is 17.2 Å². The molecule has 0 atom stereocenters. The second-order valence-electron chi connectivity index (χ2n) is 5.84. The highest BCUT2D eigenvalue weighted by atomic mass is 16.5. The van der Waals surface area contributed by atoms with Crippen molar-refractivity contribution in [1.82, 2.24) is 9.78 Å². The van der Waals surface area contributed by atoms with E-state index in [0.29, 0.717) is 22.9 Å². The summed E-state index contributed by atoms with van der Waals surface area (Å²) < 4.78 is 16.7. The Morgan fingerprint density at radius 1 is 1.00 bits per heavy atom. The summed E-state index contributed by atoms with van der Waals surface area (Å²) >= 11 is 0. The standard InChI is InChI=1S/C19H19N3O6/c1-26-14-8-11(9-15(27-2)17(14)28-3)20-16(23)10-22-19(25)13-7-5-4-6-12(13)18(24)21-22/h4-9H,10H2,1-3H3,(H,20,23)(H,21,24). The first-order chi connectivity index (χ1) is 13.5. The summed E-state index contributed by atoms with van der Waals surface area (Å²) in [6.07, 6.45) is 0.